The van der Waals surface area contributed by atoms with Crippen LogP contribution < -0.4 is 9.80 Å². The monoisotopic (exact) mass is 698 g/mol. The first-order chi connectivity index (χ1) is 26.8. The summed E-state index contributed by atoms with van der Waals surface area (Å²) in [5, 5.41) is 0. The zero-order valence-corrected chi connectivity index (χ0v) is 30.9. The second kappa shape index (κ2) is 14.2. The maximum Gasteiger partial charge on any atom is 0.0462 e. The number of nitrogens with zero attached hydrogens (tertiary/aromatic N) is 2. The molecule has 2 atom stereocenters. The molecule has 10 rings (SSSR count). The fraction of sp³-hybridized carbons (Fsp3) is 0.192. The molecule has 54 heavy (non-hydrogen) atoms. The molecule has 1 heterocycles. The van der Waals surface area contributed by atoms with Gasteiger partial charge in [-0.15, -0.1) is 0 Å². The summed E-state index contributed by atoms with van der Waals surface area (Å²) in [4.78, 5) is 5.06. The summed E-state index contributed by atoms with van der Waals surface area (Å²) in [6.07, 6.45) is 30.2. The van der Waals surface area contributed by atoms with Crippen LogP contribution in [0.3, 0.4) is 0 Å². The highest BCUT2D eigenvalue weighted by Crippen LogP contribution is 2.50. The molecule has 5 aromatic carbocycles. The van der Waals surface area contributed by atoms with Crippen LogP contribution >= 0.6 is 0 Å². The molecule has 0 radical (unpaired) electrons. The van der Waals surface area contributed by atoms with Gasteiger partial charge >= 0.3 is 0 Å². The van der Waals surface area contributed by atoms with Gasteiger partial charge in [0, 0.05) is 46.0 Å². The summed E-state index contributed by atoms with van der Waals surface area (Å²) < 4.78 is 0. The first kappa shape index (κ1) is 32.8. The van der Waals surface area contributed by atoms with Crippen molar-refractivity contribution in [2.45, 2.75) is 63.3 Å². The summed E-state index contributed by atoms with van der Waals surface area (Å²) in [5.74, 6) is 0.463. The minimum atomic E-state index is 0.463. The van der Waals surface area contributed by atoms with Gasteiger partial charge in [-0.1, -0.05) is 115 Å². The summed E-state index contributed by atoms with van der Waals surface area (Å²) in [5.41, 5.74) is 18.6. The molecule has 0 fully saturated rings. The summed E-state index contributed by atoms with van der Waals surface area (Å²) in [6.45, 7) is 0. The van der Waals surface area contributed by atoms with Gasteiger partial charge in [-0.2, -0.15) is 0 Å². The number of allylic oxidation sites excluding steroid dienone is 9. The van der Waals surface area contributed by atoms with Crippen LogP contribution in [0.2, 0.25) is 0 Å². The Labute approximate surface area is 320 Å². The molecule has 1 aliphatic heterocycles. The number of hydrogen-bond acceptors (Lipinski definition) is 2. The molecule has 0 spiro atoms. The van der Waals surface area contributed by atoms with E-state index in [0.29, 0.717) is 12.0 Å². The van der Waals surface area contributed by atoms with Gasteiger partial charge in [0.25, 0.3) is 0 Å². The van der Waals surface area contributed by atoms with E-state index in [2.05, 4.69) is 180 Å². The molecule has 4 aliphatic carbocycles. The maximum absolute atomic E-state index is 2.67. The smallest absolute Gasteiger partial charge is 0.0462 e. The molecular weight excluding hydrogens is 653 g/mol. The number of fused-ring (bicyclic) bond motifs is 4. The largest absolute Gasteiger partial charge is 0.337 e. The van der Waals surface area contributed by atoms with Crippen LogP contribution in [0.4, 0.5) is 22.7 Å². The van der Waals surface area contributed by atoms with Crippen LogP contribution in [0.5, 0.6) is 0 Å². The van der Waals surface area contributed by atoms with Crippen molar-refractivity contribution >= 4 is 40.0 Å². The van der Waals surface area contributed by atoms with E-state index in [4.69, 9.17) is 0 Å². The highest BCUT2D eigenvalue weighted by molar-refractivity contribution is 5.88. The van der Waals surface area contributed by atoms with E-state index in [1.54, 1.807) is 0 Å². The van der Waals surface area contributed by atoms with Crippen molar-refractivity contribution in [1.29, 1.82) is 0 Å². The second-order valence-corrected chi connectivity index (χ2v) is 15.3. The van der Waals surface area contributed by atoms with Crippen molar-refractivity contribution in [3.05, 3.63) is 197 Å². The quantitative estimate of drug-likeness (QED) is 0.156. The average Bonchev–Trinajstić information content (AvgIpc) is 3.59. The van der Waals surface area contributed by atoms with Gasteiger partial charge in [0.1, 0.15) is 0 Å². The highest BCUT2D eigenvalue weighted by Gasteiger charge is 2.40. The Hall–Kier alpha value is -5.86. The van der Waals surface area contributed by atoms with E-state index >= 15 is 0 Å². The minimum Gasteiger partial charge on any atom is -0.337 e. The summed E-state index contributed by atoms with van der Waals surface area (Å²) in [7, 11) is 0. The maximum atomic E-state index is 2.67. The van der Waals surface area contributed by atoms with E-state index in [1.807, 2.05) is 0 Å². The third kappa shape index (κ3) is 5.91. The fourth-order valence-electron chi connectivity index (χ4n) is 9.51. The number of anilines is 4. The molecular formula is C52H46N2. The lowest BCUT2D eigenvalue weighted by molar-refractivity contribution is 0.556. The average molecular weight is 699 g/mol. The van der Waals surface area contributed by atoms with Crippen molar-refractivity contribution in [1.82, 2.24) is 0 Å². The molecule has 0 aromatic heterocycles. The number of benzene rings is 5. The topological polar surface area (TPSA) is 6.48 Å². The van der Waals surface area contributed by atoms with Crippen molar-refractivity contribution in [2.75, 3.05) is 9.80 Å². The Balaban J connectivity index is 0.976. The van der Waals surface area contributed by atoms with Crippen molar-refractivity contribution in [3.63, 3.8) is 0 Å². The first-order valence-electron chi connectivity index (χ1n) is 20.0. The van der Waals surface area contributed by atoms with Crippen molar-refractivity contribution in [2.24, 2.45) is 0 Å². The lowest BCUT2D eigenvalue weighted by Crippen LogP contribution is -2.35. The van der Waals surface area contributed by atoms with Gasteiger partial charge < -0.3 is 9.80 Å². The minimum absolute atomic E-state index is 0.463. The van der Waals surface area contributed by atoms with Gasteiger partial charge in [0.2, 0.25) is 0 Å². The van der Waals surface area contributed by atoms with Gasteiger partial charge in [-0.3, -0.25) is 0 Å². The van der Waals surface area contributed by atoms with Gasteiger partial charge in [0.15, 0.2) is 0 Å². The predicted molar refractivity (Wildman–Crippen MR) is 229 cm³/mol. The third-order valence-corrected chi connectivity index (χ3v) is 12.1. The Morgan fingerprint density at radius 2 is 1.33 bits per heavy atom. The van der Waals surface area contributed by atoms with Gasteiger partial charge in [-0.25, -0.2) is 0 Å². The van der Waals surface area contributed by atoms with E-state index < -0.39 is 0 Å². The molecule has 264 valence electrons. The summed E-state index contributed by atoms with van der Waals surface area (Å²) >= 11 is 0. The molecule has 2 nitrogen and oxygen atoms in total. The molecule has 5 aromatic rings. The second-order valence-electron chi connectivity index (χ2n) is 15.3. The third-order valence-electron chi connectivity index (χ3n) is 12.1. The van der Waals surface area contributed by atoms with Crippen LogP contribution in [0.1, 0.15) is 78.7 Å². The number of hydrogen-bond donors (Lipinski definition) is 0. The molecule has 5 aliphatic rings. The van der Waals surface area contributed by atoms with Crippen LogP contribution in [0, 0.1) is 0 Å². The Bertz CT molecular complexity index is 2380. The molecule has 0 bridgehead atoms. The summed E-state index contributed by atoms with van der Waals surface area (Å²) in [6, 6.07) is 43.6. The molecule has 2 unspecified atom stereocenters. The lowest BCUT2D eigenvalue weighted by Gasteiger charge is -2.35. The molecule has 0 N–H and O–H groups in total. The molecule has 0 saturated heterocycles. The zero-order chi connectivity index (χ0) is 35.8. The predicted octanol–water partition coefficient (Wildman–Crippen LogP) is 13.9. The van der Waals surface area contributed by atoms with Crippen LogP contribution in [-0.4, -0.2) is 6.04 Å². The van der Waals surface area contributed by atoms with E-state index in [1.165, 1.54) is 67.9 Å². The first-order valence-corrected chi connectivity index (χ1v) is 20.0. The zero-order valence-electron chi connectivity index (χ0n) is 30.9. The Morgan fingerprint density at radius 3 is 2.15 bits per heavy atom. The van der Waals surface area contributed by atoms with E-state index in [-0.39, 0.29) is 0 Å². The lowest BCUT2D eigenvalue weighted by atomic mass is 9.84. The van der Waals surface area contributed by atoms with Gasteiger partial charge in [0.05, 0.1) is 0 Å². The Kier molecular flexibility index (Phi) is 8.60. The fourth-order valence-corrected chi connectivity index (χ4v) is 9.51. The van der Waals surface area contributed by atoms with Crippen LogP contribution in [0.25, 0.3) is 28.3 Å². The normalized spacial score (nSPS) is 19.7. The van der Waals surface area contributed by atoms with Crippen LogP contribution in [0.15, 0.2) is 170 Å². The van der Waals surface area contributed by atoms with Gasteiger partial charge in [-0.05, 0) is 150 Å². The Morgan fingerprint density at radius 1 is 0.593 bits per heavy atom. The standard InChI is InChI=1S/C52H46N2/c1-3-15-38(16-4-1)49-36-41(35-40-17-7-8-20-45(40)49)37-27-31-43(32-28-37)53(42-18-5-2-6-19-42)44-33-29-39(30-34-44)46-21-9-12-24-50(46)54-51-25-13-10-22-47(51)48-23-11-14-26-52(48)54/h1-3,5-7,10-11,13,15,17-19,21-25,27-36,48,52H,4,8-9,12,14,16,20,26H2. The SMILES string of the molecule is C1=CCCC(c2cc(-c3ccc(N(c4ccccc4)c4ccc(C5=CCCC=C5N5c6ccccc6C6C=CCCC65)cc4)cc3)cc3c2CCC=C3)=C1. The molecule has 0 amide bonds. The highest BCUT2D eigenvalue weighted by atomic mass is 15.2. The molecule has 2 heteroatoms. The van der Waals surface area contributed by atoms with Crippen LogP contribution in [-0.2, 0) is 6.42 Å². The van der Waals surface area contributed by atoms with Crippen molar-refractivity contribution in [3.8, 4) is 11.1 Å². The van der Waals surface area contributed by atoms with Crippen molar-refractivity contribution < 1.29 is 0 Å². The van der Waals surface area contributed by atoms with E-state index in [0.717, 1.165) is 62.0 Å². The van der Waals surface area contributed by atoms with E-state index in [9.17, 15) is 0 Å². The molecule has 0 saturated carbocycles. The number of rotatable bonds is 7. The number of para-hydroxylation sites is 2.